The van der Waals surface area contributed by atoms with Crippen molar-refractivity contribution in [2.24, 2.45) is 0 Å². The fraction of sp³-hybridized carbons (Fsp3) is 0.276. The maximum Gasteiger partial charge on any atom is 0.256 e. The SMILES string of the molecule is C=CC(=O)N1CCC[C@H]1c1nc(-c2ccc(C(=O)Nc3cc(N4CCCC4)ccn3)cc2)c2c(N)nccn12. The first-order valence-corrected chi connectivity index (χ1v) is 13.2. The van der Waals surface area contributed by atoms with Crippen molar-refractivity contribution < 1.29 is 9.59 Å². The highest BCUT2D eigenvalue weighted by Gasteiger charge is 2.33. The molecule has 39 heavy (non-hydrogen) atoms. The lowest BCUT2D eigenvalue weighted by atomic mass is 10.1. The molecule has 3 aromatic heterocycles. The summed E-state index contributed by atoms with van der Waals surface area (Å²) in [6.07, 6.45) is 10.5. The molecule has 1 aromatic carbocycles. The summed E-state index contributed by atoms with van der Waals surface area (Å²) < 4.78 is 1.91. The maximum atomic E-state index is 13.0. The Bertz CT molecular complexity index is 1560. The number of amides is 2. The van der Waals surface area contributed by atoms with Gasteiger partial charge < -0.3 is 20.9 Å². The van der Waals surface area contributed by atoms with E-state index in [2.05, 4.69) is 26.8 Å². The second-order valence-corrected chi connectivity index (χ2v) is 9.87. The van der Waals surface area contributed by atoms with Gasteiger partial charge in [-0.1, -0.05) is 18.7 Å². The van der Waals surface area contributed by atoms with Gasteiger partial charge in [-0.15, -0.1) is 0 Å². The first-order chi connectivity index (χ1) is 19.0. The molecule has 2 aliphatic heterocycles. The number of nitrogens with one attached hydrogen (secondary N) is 1. The maximum absolute atomic E-state index is 13.0. The lowest BCUT2D eigenvalue weighted by Crippen LogP contribution is -2.29. The molecule has 198 valence electrons. The molecule has 10 heteroatoms. The molecule has 10 nitrogen and oxygen atoms in total. The van der Waals surface area contributed by atoms with Crippen molar-refractivity contribution in [1.82, 2.24) is 24.3 Å². The number of carbonyl (C=O) groups is 2. The van der Waals surface area contributed by atoms with Gasteiger partial charge in [-0.25, -0.2) is 15.0 Å². The Labute approximate surface area is 226 Å². The third-order valence-electron chi connectivity index (χ3n) is 7.50. The summed E-state index contributed by atoms with van der Waals surface area (Å²) in [5.41, 5.74) is 9.99. The van der Waals surface area contributed by atoms with Crippen molar-refractivity contribution in [3.8, 4) is 11.3 Å². The summed E-state index contributed by atoms with van der Waals surface area (Å²) in [7, 11) is 0. The zero-order valence-electron chi connectivity index (χ0n) is 21.6. The number of nitrogens with two attached hydrogens (primary N) is 1. The molecular formula is C29H30N8O2. The van der Waals surface area contributed by atoms with Crippen molar-refractivity contribution in [3.63, 3.8) is 0 Å². The Kier molecular flexibility index (Phi) is 6.44. The number of carbonyl (C=O) groups excluding carboxylic acids is 2. The highest BCUT2D eigenvalue weighted by Crippen LogP contribution is 2.36. The normalized spacial score (nSPS) is 17.1. The molecule has 5 heterocycles. The zero-order chi connectivity index (χ0) is 26.9. The van der Waals surface area contributed by atoms with E-state index in [1.54, 1.807) is 29.4 Å². The summed E-state index contributed by atoms with van der Waals surface area (Å²) in [6, 6.07) is 10.9. The molecule has 2 saturated heterocycles. The number of aromatic nitrogens is 4. The smallest absolute Gasteiger partial charge is 0.256 e. The number of fused-ring (bicyclic) bond motifs is 1. The van der Waals surface area contributed by atoms with Crippen molar-refractivity contribution in [2.45, 2.75) is 31.7 Å². The van der Waals surface area contributed by atoms with Crippen LogP contribution in [0.2, 0.25) is 0 Å². The molecule has 0 spiro atoms. The first-order valence-electron chi connectivity index (χ1n) is 13.2. The van der Waals surface area contributed by atoms with Crippen LogP contribution in [0, 0.1) is 0 Å². The summed E-state index contributed by atoms with van der Waals surface area (Å²) >= 11 is 0. The largest absolute Gasteiger partial charge is 0.382 e. The van der Waals surface area contributed by atoms with Crippen LogP contribution in [0.1, 0.15) is 47.9 Å². The van der Waals surface area contributed by atoms with Crippen LogP contribution in [-0.2, 0) is 4.79 Å². The molecule has 4 aromatic rings. The first kappa shape index (κ1) is 24.6. The van der Waals surface area contributed by atoms with Crippen LogP contribution in [0.4, 0.5) is 17.3 Å². The van der Waals surface area contributed by atoms with Crippen molar-refractivity contribution in [3.05, 3.63) is 79.0 Å². The number of pyridine rings is 1. The summed E-state index contributed by atoms with van der Waals surface area (Å²) in [5, 5.41) is 2.91. The van der Waals surface area contributed by atoms with E-state index in [1.165, 1.54) is 18.9 Å². The second kappa shape index (κ2) is 10.2. The average molecular weight is 523 g/mol. The number of likely N-dealkylation sites (tertiary alicyclic amines) is 1. The molecule has 0 radical (unpaired) electrons. The molecule has 0 aliphatic carbocycles. The van der Waals surface area contributed by atoms with Crippen LogP contribution in [-0.4, -0.2) is 55.7 Å². The fourth-order valence-electron chi connectivity index (χ4n) is 5.57. The van der Waals surface area contributed by atoms with E-state index in [-0.39, 0.29) is 17.9 Å². The van der Waals surface area contributed by atoms with E-state index in [4.69, 9.17) is 10.7 Å². The lowest BCUT2D eigenvalue weighted by molar-refractivity contribution is -0.127. The Balaban J connectivity index is 1.28. The van der Waals surface area contributed by atoms with Gasteiger partial charge in [0.2, 0.25) is 5.91 Å². The predicted octanol–water partition coefficient (Wildman–Crippen LogP) is 4.08. The lowest BCUT2D eigenvalue weighted by Gasteiger charge is -2.22. The minimum atomic E-state index is -0.242. The Morgan fingerprint density at radius 3 is 2.59 bits per heavy atom. The number of hydrogen-bond donors (Lipinski definition) is 2. The van der Waals surface area contributed by atoms with Crippen LogP contribution in [0.25, 0.3) is 16.8 Å². The molecule has 0 saturated carbocycles. The number of rotatable bonds is 6. The van der Waals surface area contributed by atoms with E-state index in [0.29, 0.717) is 35.0 Å². The molecule has 3 N–H and O–H groups in total. The highest BCUT2D eigenvalue weighted by atomic mass is 16.2. The number of benzene rings is 1. The van der Waals surface area contributed by atoms with Gasteiger partial charge in [0.1, 0.15) is 28.7 Å². The average Bonchev–Trinajstić information content (AvgIpc) is 3.73. The van der Waals surface area contributed by atoms with Gasteiger partial charge in [0, 0.05) is 61.1 Å². The van der Waals surface area contributed by atoms with Crippen LogP contribution in [0.5, 0.6) is 0 Å². The van der Waals surface area contributed by atoms with E-state index in [1.807, 2.05) is 34.9 Å². The summed E-state index contributed by atoms with van der Waals surface area (Å²) in [4.78, 5) is 43.1. The molecule has 2 fully saturated rings. The molecule has 0 unspecified atom stereocenters. The number of anilines is 3. The third kappa shape index (κ3) is 4.58. The second-order valence-electron chi connectivity index (χ2n) is 9.87. The van der Waals surface area contributed by atoms with Crippen LogP contribution in [0.15, 0.2) is 67.6 Å². The predicted molar refractivity (Wildman–Crippen MR) is 150 cm³/mol. The number of nitrogens with zero attached hydrogens (tertiary/aromatic N) is 6. The summed E-state index contributed by atoms with van der Waals surface area (Å²) in [5.74, 6) is 1.24. The Morgan fingerprint density at radius 1 is 1.03 bits per heavy atom. The van der Waals surface area contributed by atoms with Gasteiger partial charge in [-0.2, -0.15) is 0 Å². The van der Waals surface area contributed by atoms with Crippen molar-refractivity contribution >= 4 is 34.7 Å². The van der Waals surface area contributed by atoms with Gasteiger partial charge in [-0.3, -0.25) is 14.0 Å². The molecule has 1 atom stereocenters. The van der Waals surface area contributed by atoms with Gasteiger partial charge in [0.25, 0.3) is 5.91 Å². The number of imidazole rings is 1. The minimum absolute atomic E-state index is 0.117. The van der Waals surface area contributed by atoms with E-state index >= 15 is 0 Å². The molecule has 6 rings (SSSR count). The zero-order valence-corrected chi connectivity index (χ0v) is 21.6. The van der Waals surface area contributed by atoms with E-state index in [9.17, 15) is 9.59 Å². The van der Waals surface area contributed by atoms with Crippen LogP contribution >= 0.6 is 0 Å². The van der Waals surface area contributed by atoms with Gasteiger partial charge in [0.15, 0.2) is 0 Å². The van der Waals surface area contributed by atoms with Gasteiger partial charge in [0.05, 0.1) is 6.04 Å². The van der Waals surface area contributed by atoms with E-state index in [0.717, 1.165) is 43.0 Å². The van der Waals surface area contributed by atoms with Crippen molar-refractivity contribution in [2.75, 3.05) is 35.6 Å². The molecule has 2 amide bonds. The topological polar surface area (TPSA) is 122 Å². The third-order valence-corrected chi connectivity index (χ3v) is 7.50. The Hall–Kier alpha value is -4.73. The molecule has 0 bridgehead atoms. The Morgan fingerprint density at radius 2 is 1.82 bits per heavy atom. The van der Waals surface area contributed by atoms with Gasteiger partial charge in [-0.05, 0) is 50.0 Å². The van der Waals surface area contributed by atoms with E-state index < -0.39 is 0 Å². The molecular weight excluding hydrogens is 492 g/mol. The van der Waals surface area contributed by atoms with Gasteiger partial charge >= 0.3 is 0 Å². The summed E-state index contributed by atoms with van der Waals surface area (Å²) in [6.45, 7) is 6.34. The standard InChI is InChI=1S/C29H30N8O2/c1-2-24(38)36-16-5-6-22(36)28-34-25(26-27(30)32-13-17-37(26)28)19-7-9-20(10-8-19)29(39)33-23-18-21(11-12-31-23)35-14-3-4-15-35/h2,7-13,17-18,22H,1,3-6,14-16H2,(H2,30,32)(H,31,33,39)/t22-/m0/s1. The highest BCUT2D eigenvalue weighted by molar-refractivity contribution is 6.04. The van der Waals surface area contributed by atoms with Crippen LogP contribution < -0.4 is 16.0 Å². The number of nitrogen functional groups attached to an aromatic ring is 1. The quantitative estimate of drug-likeness (QED) is 0.366. The monoisotopic (exact) mass is 522 g/mol. The van der Waals surface area contributed by atoms with Crippen molar-refractivity contribution in [1.29, 1.82) is 0 Å². The number of hydrogen-bond acceptors (Lipinski definition) is 7. The van der Waals surface area contributed by atoms with Crippen LogP contribution in [0.3, 0.4) is 0 Å². The minimum Gasteiger partial charge on any atom is -0.382 e. The molecule has 2 aliphatic rings. The fourth-order valence-corrected chi connectivity index (χ4v) is 5.57.